The molecule has 1 N–H and O–H groups in total. The first-order valence-corrected chi connectivity index (χ1v) is 13.9. The van der Waals surface area contributed by atoms with E-state index in [9.17, 15) is 18.4 Å². The molecule has 10 heteroatoms. The van der Waals surface area contributed by atoms with Crippen LogP contribution in [0.15, 0.2) is 102 Å². The van der Waals surface area contributed by atoms with Crippen molar-refractivity contribution in [3.05, 3.63) is 126 Å². The van der Waals surface area contributed by atoms with Gasteiger partial charge in [-0.3, -0.25) is 14.5 Å². The zero-order chi connectivity index (χ0) is 28.3. The normalized spacial score (nSPS) is 14.9. The van der Waals surface area contributed by atoms with Gasteiger partial charge < -0.3 is 9.73 Å². The molecule has 5 aromatic rings. The average Bonchev–Trinajstić information content (AvgIpc) is 3.62. The number of hydrogen-bond donors (Lipinski definition) is 1. The molecular formula is C31H24F2N4O3S. The monoisotopic (exact) mass is 570 g/mol. The van der Waals surface area contributed by atoms with Gasteiger partial charge >= 0.3 is 0 Å². The minimum absolute atomic E-state index is 0.0406. The number of nitrogens with zero attached hydrogens (tertiary/aromatic N) is 3. The number of carbonyl (C=O) groups is 2. The summed E-state index contributed by atoms with van der Waals surface area (Å²) < 4.78 is 35.2. The van der Waals surface area contributed by atoms with E-state index in [4.69, 9.17) is 9.52 Å². The molecule has 0 fully saturated rings. The molecule has 1 aliphatic heterocycles. The van der Waals surface area contributed by atoms with Crippen LogP contribution in [0.3, 0.4) is 0 Å². The Morgan fingerprint density at radius 2 is 1.78 bits per heavy atom. The number of nitrogens with one attached hydrogen (secondary N) is 1. The van der Waals surface area contributed by atoms with Gasteiger partial charge in [-0.1, -0.05) is 42.5 Å². The van der Waals surface area contributed by atoms with Crippen LogP contribution in [0.1, 0.15) is 22.1 Å². The van der Waals surface area contributed by atoms with Crippen LogP contribution in [0.4, 0.5) is 14.6 Å². The Bertz CT molecular complexity index is 1690. The quantitative estimate of drug-likeness (QED) is 0.264. The number of hydrogen-bond acceptors (Lipinski definition) is 5. The fourth-order valence-corrected chi connectivity index (χ4v) is 6.01. The number of thioether (sulfide) groups is 1. The predicted molar refractivity (Wildman–Crippen MR) is 153 cm³/mol. The highest BCUT2D eigenvalue weighted by atomic mass is 32.2. The van der Waals surface area contributed by atoms with E-state index in [0.29, 0.717) is 34.1 Å². The van der Waals surface area contributed by atoms with Crippen LogP contribution in [0.25, 0.3) is 16.9 Å². The second-order valence-electron chi connectivity index (χ2n) is 9.42. The van der Waals surface area contributed by atoms with Gasteiger partial charge in [-0.05, 0) is 54.1 Å². The molecule has 0 saturated carbocycles. The van der Waals surface area contributed by atoms with Gasteiger partial charge in [0.05, 0.1) is 35.2 Å². The van der Waals surface area contributed by atoms with Crippen molar-refractivity contribution in [3.63, 3.8) is 0 Å². The smallest absolute Gasteiger partial charge is 0.240 e. The van der Waals surface area contributed by atoms with E-state index in [1.165, 1.54) is 47.2 Å². The highest BCUT2D eigenvalue weighted by Gasteiger charge is 2.37. The summed E-state index contributed by atoms with van der Waals surface area (Å²) >= 11 is 1.34. The number of aromatic nitrogens is 2. The Morgan fingerprint density at radius 1 is 0.976 bits per heavy atom. The maximum absolute atomic E-state index is 14.5. The SMILES string of the molecule is O=C(CN1C(=O)CS[C@H](c2cccc(F)c2)c2c(-c3ccccc3)nn(-c3ccc(F)cc3)c21)NCc1ccco1. The molecule has 0 aliphatic carbocycles. The Balaban J connectivity index is 1.53. The molecule has 0 bridgehead atoms. The third kappa shape index (κ3) is 5.51. The third-order valence-electron chi connectivity index (χ3n) is 6.70. The van der Waals surface area contributed by atoms with Gasteiger partial charge in [0.25, 0.3) is 0 Å². The van der Waals surface area contributed by atoms with Gasteiger partial charge in [0.2, 0.25) is 11.8 Å². The van der Waals surface area contributed by atoms with Gasteiger partial charge in [0.1, 0.15) is 29.8 Å². The van der Waals surface area contributed by atoms with Crippen LogP contribution in [-0.2, 0) is 16.1 Å². The second kappa shape index (κ2) is 11.4. The minimum atomic E-state index is -0.481. The van der Waals surface area contributed by atoms with E-state index in [2.05, 4.69) is 5.32 Å². The number of halogens is 2. The van der Waals surface area contributed by atoms with Crippen LogP contribution in [-0.4, -0.2) is 33.9 Å². The highest BCUT2D eigenvalue weighted by molar-refractivity contribution is 8.00. The molecule has 41 heavy (non-hydrogen) atoms. The molecule has 6 rings (SSSR count). The molecule has 2 amide bonds. The number of fused-ring (bicyclic) bond motifs is 1. The van der Waals surface area contributed by atoms with E-state index in [1.807, 2.05) is 36.4 Å². The van der Waals surface area contributed by atoms with Gasteiger partial charge in [-0.15, -0.1) is 11.8 Å². The van der Waals surface area contributed by atoms with Gasteiger partial charge in [0.15, 0.2) is 0 Å². The van der Waals surface area contributed by atoms with Gasteiger partial charge in [-0.25, -0.2) is 13.5 Å². The van der Waals surface area contributed by atoms with Crippen molar-refractivity contribution >= 4 is 29.4 Å². The molecule has 0 saturated heterocycles. The Morgan fingerprint density at radius 3 is 2.51 bits per heavy atom. The fourth-order valence-electron chi connectivity index (χ4n) is 4.82. The van der Waals surface area contributed by atoms with Crippen molar-refractivity contribution in [1.29, 1.82) is 0 Å². The summed E-state index contributed by atoms with van der Waals surface area (Å²) in [5, 5.41) is 7.24. The summed E-state index contributed by atoms with van der Waals surface area (Å²) in [5.74, 6) is -0.554. The number of amides is 2. The molecule has 0 radical (unpaired) electrons. The van der Waals surface area contributed by atoms with Crippen LogP contribution >= 0.6 is 11.8 Å². The van der Waals surface area contributed by atoms with E-state index in [-0.39, 0.29) is 24.7 Å². The molecule has 7 nitrogen and oxygen atoms in total. The average molecular weight is 571 g/mol. The molecule has 206 valence electrons. The largest absolute Gasteiger partial charge is 0.467 e. The van der Waals surface area contributed by atoms with Crippen molar-refractivity contribution in [2.24, 2.45) is 0 Å². The molecule has 1 atom stereocenters. The standard InChI is InChI=1S/C31H24F2N4O3S/c32-22-11-13-24(14-12-22)37-31-28(29(35-37)20-6-2-1-3-7-20)30(21-8-4-9-23(33)16-21)41-19-27(39)36(31)18-26(38)34-17-25-10-5-15-40-25/h1-16,30H,17-19H2,(H,34,38)/t30-/m1/s1. The number of carbonyl (C=O) groups excluding carboxylic acids is 2. The lowest BCUT2D eigenvalue weighted by molar-refractivity contribution is -0.123. The summed E-state index contributed by atoms with van der Waals surface area (Å²) in [6, 6.07) is 24.9. The van der Waals surface area contributed by atoms with Crippen molar-refractivity contribution < 1.29 is 22.8 Å². The van der Waals surface area contributed by atoms with Crippen molar-refractivity contribution in [1.82, 2.24) is 15.1 Å². The number of anilines is 1. The highest BCUT2D eigenvalue weighted by Crippen LogP contribution is 2.48. The van der Waals surface area contributed by atoms with Crippen molar-refractivity contribution in [3.8, 4) is 16.9 Å². The first kappa shape index (κ1) is 26.5. The van der Waals surface area contributed by atoms with Crippen LogP contribution < -0.4 is 10.2 Å². The lowest BCUT2D eigenvalue weighted by Gasteiger charge is -2.23. The zero-order valence-electron chi connectivity index (χ0n) is 21.7. The predicted octanol–water partition coefficient (Wildman–Crippen LogP) is 5.90. The van der Waals surface area contributed by atoms with Gasteiger partial charge in [0, 0.05) is 11.1 Å². The van der Waals surface area contributed by atoms with E-state index in [1.54, 1.807) is 35.0 Å². The maximum Gasteiger partial charge on any atom is 0.240 e. The lowest BCUT2D eigenvalue weighted by atomic mass is 9.99. The second-order valence-corrected chi connectivity index (χ2v) is 10.5. The first-order valence-electron chi connectivity index (χ1n) is 12.9. The number of rotatable bonds is 7. The molecule has 0 unspecified atom stereocenters. The van der Waals surface area contributed by atoms with Crippen LogP contribution in [0.2, 0.25) is 0 Å². The fraction of sp³-hybridized carbons (Fsp3) is 0.129. The first-order chi connectivity index (χ1) is 20.0. The third-order valence-corrected chi connectivity index (χ3v) is 7.96. The minimum Gasteiger partial charge on any atom is -0.467 e. The number of furan rings is 1. The Labute approximate surface area is 238 Å². The topological polar surface area (TPSA) is 80.4 Å². The summed E-state index contributed by atoms with van der Waals surface area (Å²) in [6.07, 6.45) is 1.52. The van der Waals surface area contributed by atoms with E-state index < -0.39 is 22.8 Å². The maximum atomic E-state index is 14.5. The van der Waals surface area contributed by atoms with Gasteiger partial charge in [-0.2, -0.15) is 5.10 Å². The van der Waals surface area contributed by atoms with Crippen molar-refractivity contribution in [2.45, 2.75) is 11.8 Å². The Kier molecular flexibility index (Phi) is 7.39. The number of benzene rings is 3. The van der Waals surface area contributed by atoms with Crippen LogP contribution in [0.5, 0.6) is 0 Å². The van der Waals surface area contributed by atoms with E-state index in [0.717, 1.165) is 5.56 Å². The summed E-state index contributed by atoms with van der Waals surface area (Å²) in [5.41, 5.74) is 3.17. The Hall–Kier alpha value is -4.70. The molecule has 2 aromatic heterocycles. The van der Waals surface area contributed by atoms with Crippen LogP contribution in [0, 0.1) is 11.6 Å². The lowest BCUT2D eigenvalue weighted by Crippen LogP contribution is -2.42. The molecule has 3 aromatic carbocycles. The molecule has 1 aliphatic rings. The summed E-state index contributed by atoms with van der Waals surface area (Å²) in [6.45, 7) is -0.127. The summed E-state index contributed by atoms with van der Waals surface area (Å²) in [7, 11) is 0. The zero-order valence-corrected chi connectivity index (χ0v) is 22.5. The molecule has 0 spiro atoms. The summed E-state index contributed by atoms with van der Waals surface area (Å²) in [4.78, 5) is 28.3. The molecular weight excluding hydrogens is 546 g/mol. The molecule has 3 heterocycles. The van der Waals surface area contributed by atoms with Crippen molar-refractivity contribution in [2.75, 3.05) is 17.2 Å². The van der Waals surface area contributed by atoms with E-state index >= 15 is 0 Å².